The van der Waals surface area contributed by atoms with Gasteiger partial charge in [0.1, 0.15) is 11.3 Å². The number of likely N-dealkylation sites (N-methyl/N-ethyl adjacent to an activating group) is 1. The van der Waals surface area contributed by atoms with E-state index in [0.29, 0.717) is 10.9 Å². The summed E-state index contributed by atoms with van der Waals surface area (Å²) < 4.78 is 15.2. The first-order chi connectivity index (χ1) is 15.4. The zero-order valence-corrected chi connectivity index (χ0v) is 18.3. The minimum absolute atomic E-state index is 0.0659. The number of hydrogen-bond acceptors (Lipinski definition) is 6. The molecule has 1 N–H and O–H groups in total. The topological polar surface area (TPSA) is 83.4 Å². The molecule has 1 unspecified atom stereocenters. The zero-order chi connectivity index (χ0) is 22.7. The Morgan fingerprint density at radius 1 is 1.16 bits per heavy atom. The van der Waals surface area contributed by atoms with Gasteiger partial charge in [0.2, 0.25) is 5.91 Å². The van der Waals surface area contributed by atoms with Crippen molar-refractivity contribution in [2.45, 2.75) is 25.9 Å². The van der Waals surface area contributed by atoms with Gasteiger partial charge in [-0.05, 0) is 44.3 Å². The van der Waals surface area contributed by atoms with Crippen molar-refractivity contribution in [2.24, 2.45) is 0 Å². The van der Waals surface area contributed by atoms with Crippen LogP contribution in [-0.4, -0.2) is 59.0 Å². The third-order valence-electron chi connectivity index (χ3n) is 5.86. The second-order valence-corrected chi connectivity index (χ2v) is 8.17. The molecule has 3 aromatic rings. The van der Waals surface area contributed by atoms with E-state index in [9.17, 15) is 14.0 Å². The average Bonchev–Trinajstić information content (AvgIpc) is 2.79. The van der Waals surface area contributed by atoms with E-state index in [1.54, 1.807) is 30.3 Å². The van der Waals surface area contributed by atoms with Crippen molar-refractivity contribution in [2.75, 3.05) is 38.1 Å². The number of carbonyl (C=O) groups is 1. The van der Waals surface area contributed by atoms with Gasteiger partial charge in [-0.25, -0.2) is 9.07 Å². The number of piperazine rings is 1. The summed E-state index contributed by atoms with van der Waals surface area (Å²) in [6.07, 6.45) is 0.0659. The van der Waals surface area contributed by atoms with Crippen LogP contribution in [0.2, 0.25) is 0 Å². The molecule has 0 radical (unpaired) electrons. The molecule has 1 aliphatic heterocycles. The van der Waals surface area contributed by atoms with Crippen LogP contribution in [0.25, 0.3) is 10.9 Å². The van der Waals surface area contributed by atoms with E-state index in [0.717, 1.165) is 37.4 Å². The minimum Gasteiger partial charge on any atom is -0.369 e. The van der Waals surface area contributed by atoms with E-state index in [1.807, 2.05) is 6.92 Å². The summed E-state index contributed by atoms with van der Waals surface area (Å²) in [6.45, 7) is 5.51. The van der Waals surface area contributed by atoms with Gasteiger partial charge in [-0.15, -0.1) is 5.10 Å². The maximum atomic E-state index is 14.0. The number of hydrogen-bond donors (Lipinski definition) is 1. The highest BCUT2D eigenvalue weighted by molar-refractivity contribution is 5.77. The SMILES string of the molecule is CC(NC(=O)CCn1nnc2ccccc2c1=O)c1cc(F)ccc1N1CCN(C)CC1. The molecule has 8 nitrogen and oxygen atoms in total. The van der Waals surface area contributed by atoms with Crippen LogP contribution in [0.4, 0.5) is 10.1 Å². The van der Waals surface area contributed by atoms with Crippen LogP contribution >= 0.6 is 0 Å². The molecule has 1 aromatic heterocycles. The molecule has 1 amide bonds. The standard InChI is InChI=1S/C23H27FN6O2/c1-16(19-15-17(24)7-8-21(19)29-13-11-28(2)12-14-29)25-22(31)9-10-30-23(32)18-5-3-4-6-20(18)26-27-30/h3-8,15-16H,9-14H2,1-2H3,(H,25,31). The van der Waals surface area contributed by atoms with Crippen molar-refractivity contribution in [3.63, 3.8) is 0 Å². The van der Waals surface area contributed by atoms with Crippen LogP contribution in [-0.2, 0) is 11.3 Å². The molecular formula is C23H27FN6O2. The van der Waals surface area contributed by atoms with E-state index >= 15 is 0 Å². The van der Waals surface area contributed by atoms with Crippen LogP contribution in [0.5, 0.6) is 0 Å². The quantitative estimate of drug-likeness (QED) is 0.634. The second-order valence-electron chi connectivity index (χ2n) is 8.17. The normalized spacial score (nSPS) is 15.7. The fourth-order valence-electron chi connectivity index (χ4n) is 3.98. The highest BCUT2D eigenvalue weighted by Crippen LogP contribution is 2.28. The lowest BCUT2D eigenvalue weighted by molar-refractivity contribution is -0.122. The molecule has 32 heavy (non-hydrogen) atoms. The highest BCUT2D eigenvalue weighted by atomic mass is 19.1. The van der Waals surface area contributed by atoms with Crippen LogP contribution in [0.15, 0.2) is 47.3 Å². The molecule has 1 fully saturated rings. The summed E-state index contributed by atoms with van der Waals surface area (Å²) in [5.41, 5.74) is 1.92. The summed E-state index contributed by atoms with van der Waals surface area (Å²) in [7, 11) is 2.08. The predicted molar refractivity (Wildman–Crippen MR) is 121 cm³/mol. The molecule has 2 aromatic carbocycles. The second kappa shape index (κ2) is 9.44. The predicted octanol–water partition coefficient (Wildman–Crippen LogP) is 1.95. The molecule has 0 saturated carbocycles. The summed E-state index contributed by atoms with van der Waals surface area (Å²) >= 11 is 0. The Bertz CT molecular complexity index is 1170. The van der Waals surface area contributed by atoms with Gasteiger partial charge in [0.25, 0.3) is 5.56 Å². The fourth-order valence-corrected chi connectivity index (χ4v) is 3.98. The first-order valence-corrected chi connectivity index (χ1v) is 10.8. The fraction of sp³-hybridized carbons (Fsp3) is 0.391. The minimum atomic E-state index is -0.382. The van der Waals surface area contributed by atoms with Crippen LogP contribution in [0.1, 0.15) is 24.9 Å². The Balaban J connectivity index is 1.43. The van der Waals surface area contributed by atoms with Crippen molar-refractivity contribution >= 4 is 22.5 Å². The lowest BCUT2D eigenvalue weighted by Crippen LogP contribution is -2.45. The van der Waals surface area contributed by atoms with Crippen molar-refractivity contribution in [3.05, 3.63) is 64.2 Å². The van der Waals surface area contributed by atoms with Gasteiger partial charge in [0.15, 0.2) is 0 Å². The lowest BCUT2D eigenvalue weighted by atomic mass is 10.0. The molecule has 0 spiro atoms. The summed E-state index contributed by atoms with van der Waals surface area (Å²) in [5, 5.41) is 11.4. The Hall–Kier alpha value is -3.33. The zero-order valence-electron chi connectivity index (χ0n) is 18.3. The van der Waals surface area contributed by atoms with E-state index in [4.69, 9.17) is 0 Å². The van der Waals surface area contributed by atoms with Crippen molar-refractivity contribution in [3.8, 4) is 0 Å². The number of anilines is 1. The molecule has 2 heterocycles. The number of carbonyl (C=O) groups excluding carboxylic acids is 1. The van der Waals surface area contributed by atoms with Crippen LogP contribution in [0, 0.1) is 5.82 Å². The third-order valence-corrected chi connectivity index (χ3v) is 5.86. The number of aryl methyl sites for hydroxylation is 1. The average molecular weight is 439 g/mol. The number of nitrogens with zero attached hydrogens (tertiary/aromatic N) is 5. The van der Waals surface area contributed by atoms with Crippen molar-refractivity contribution < 1.29 is 9.18 Å². The van der Waals surface area contributed by atoms with Gasteiger partial charge >= 0.3 is 0 Å². The number of amides is 1. The first kappa shape index (κ1) is 21.9. The number of rotatable bonds is 6. The maximum absolute atomic E-state index is 14.0. The Morgan fingerprint density at radius 3 is 2.69 bits per heavy atom. The molecule has 0 aliphatic carbocycles. The molecule has 168 valence electrons. The molecule has 1 saturated heterocycles. The maximum Gasteiger partial charge on any atom is 0.277 e. The Kier molecular flexibility index (Phi) is 6.45. The van der Waals surface area contributed by atoms with Gasteiger partial charge in [0.05, 0.1) is 18.0 Å². The van der Waals surface area contributed by atoms with Crippen molar-refractivity contribution in [1.82, 2.24) is 25.2 Å². The highest BCUT2D eigenvalue weighted by Gasteiger charge is 2.21. The number of aromatic nitrogens is 3. The van der Waals surface area contributed by atoms with Gasteiger partial charge in [0, 0.05) is 43.9 Å². The summed E-state index contributed by atoms with van der Waals surface area (Å²) in [4.78, 5) is 29.6. The van der Waals surface area contributed by atoms with Crippen LogP contribution < -0.4 is 15.8 Å². The van der Waals surface area contributed by atoms with Gasteiger partial charge in [-0.2, -0.15) is 0 Å². The van der Waals surface area contributed by atoms with E-state index < -0.39 is 0 Å². The van der Waals surface area contributed by atoms with E-state index in [1.165, 1.54) is 16.8 Å². The van der Waals surface area contributed by atoms with Crippen molar-refractivity contribution in [1.29, 1.82) is 0 Å². The smallest absolute Gasteiger partial charge is 0.277 e. The van der Waals surface area contributed by atoms with Gasteiger partial charge in [-0.3, -0.25) is 9.59 Å². The number of halogens is 1. The molecule has 1 atom stereocenters. The van der Waals surface area contributed by atoms with E-state index in [-0.39, 0.29) is 36.3 Å². The molecular weight excluding hydrogens is 411 g/mol. The Morgan fingerprint density at radius 2 is 1.91 bits per heavy atom. The molecule has 0 bridgehead atoms. The number of fused-ring (bicyclic) bond motifs is 1. The van der Waals surface area contributed by atoms with Crippen LogP contribution in [0.3, 0.4) is 0 Å². The van der Waals surface area contributed by atoms with Gasteiger partial charge in [-0.1, -0.05) is 17.3 Å². The van der Waals surface area contributed by atoms with Gasteiger partial charge < -0.3 is 15.1 Å². The largest absolute Gasteiger partial charge is 0.369 e. The summed E-state index contributed by atoms with van der Waals surface area (Å²) in [5.74, 6) is -0.579. The number of benzene rings is 2. The Labute approximate surface area is 185 Å². The monoisotopic (exact) mass is 438 g/mol. The first-order valence-electron chi connectivity index (χ1n) is 10.8. The molecule has 9 heteroatoms. The molecule has 4 rings (SSSR count). The van der Waals surface area contributed by atoms with E-state index in [2.05, 4.69) is 32.5 Å². The molecule has 1 aliphatic rings. The summed E-state index contributed by atoms with van der Waals surface area (Å²) in [6, 6.07) is 11.3. The number of nitrogens with one attached hydrogen (secondary N) is 1. The third kappa shape index (κ3) is 4.77. The lowest BCUT2D eigenvalue weighted by Gasteiger charge is -2.36.